The SMILES string of the molecule is C=CCCCCCCCCCCCC(=O)C1=NCC[N+]1(CCO)CC(O)CS(=O)(=O)[O-].[Na+]. The van der Waals surface area contributed by atoms with Crippen molar-refractivity contribution in [1.82, 2.24) is 0 Å². The molecule has 1 aliphatic heterocycles. The molecule has 1 aliphatic rings. The number of hydrogen-bond acceptors (Lipinski definition) is 7. The third-order valence-corrected chi connectivity index (χ3v) is 6.58. The van der Waals surface area contributed by atoms with Crippen LogP contribution in [-0.2, 0) is 14.9 Å². The van der Waals surface area contributed by atoms with E-state index in [0.717, 1.165) is 32.1 Å². The van der Waals surface area contributed by atoms with Crippen LogP contribution in [0.2, 0.25) is 0 Å². The van der Waals surface area contributed by atoms with Gasteiger partial charge in [0.15, 0.2) is 0 Å². The van der Waals surface area contributed by atoms with Gasteiger partial charge in [0.25, 0.3) is 5.84 Å². The Morgan fingerprint density at radius 1 is 1.12 bits per heavy atom. The molecule has 0 aromatic carbocycles. The third kappa shape index (κ3) is 12.9. The number of hydrogen-bond donors (Lipinski definition) is 2. The summed E-state index contributed by atoms with van der Waals surface area (Å²) < 4.78 is 32.8. The Morgan fingerprint density at radius 3 is 2.22 bits per heavy atom. The maximum absolute atomic E-state index is 12.8. The van der Waals surface area contributed by atoms with Gasteiger partial charge in [-0.2, -0.15) is 0 Å². The summed E-state index contributed by atoms with van der Waals surface area (Å²) in [6.45, 7) is 4.34. The van der Waals surface area contributed by atoms with Crippen LogP contribution in [-0.4, -0.2) is 83.9 Å². The van der Waals surface area contributed by atoms with E-state index in [1.807, 2.05) is 6.08 Å². The number of aliphatic imine (C=N–C) groups is 1. The van der Waals surface area contributed by atoms with Crippen molar-refractivity contribution in [3.63, 3.8) is 0 Å². The summed E-state index contributed by atoms with van der Waals surface area (Å²) in [7, 11) is -4.58. The molecule has 180 valence electrons. The first kappa shape index (κ1) is 31.9. The number of amidine groups is 1. The van der Waals surface area contributed by atoms with Crippen LogP contribution in [0.3, 0.4) is 0 Å². The smallest absolute Gasteiger partial charge is 0.748 e. The van der Waals surface area contributed by atoms with Crippen LogP contribution in [0.4, 0.5) is 0 Å². The van der Waals surface area contributed by atoms with Crippen molar-refractivity contribution >= 4 is 21.7 Å². The van der Waals surface area contributed by atoms with Gasteiger partial charge in [-0.1, -0.05) is 51.0 Å². The maximum atomic E-state index is 12.8. The van der Waals surface area contributed by atoms with Crippen LogP contribution in [0.1, 0.15) is 70.6 Å². The van der Waals surface area contributed by atoms with E-state index in [9.17, 15) is 28.0 Å². The van der Waals surface area contributed by atoms with Gasteiger partial charge in [0.1, 0.15) is 25.7 Å². The summed E-state index contributed by atoms with van der Waals surface area (Å²) in [5, 5.41) is 19.5. The fourth-order valence-electron chi connectivity index (χ4n) is 4.25. The van der Waals surface area contributed by atoms with Crippen LogP contribution >= 0.6 is 0 Å². The molecule has 1 heterocycles. The number of aliphatic hydroxyl groups is 2. The predicted octanol–water partition coefficient (Wildman–Crippen LogP) is -0.836. The summed E-state index contributed by atoms with van der Waals surface area (Å²) >= 11 is 0. The van der Waals surface area contributed by atoms with Crippen LogP contribution < -0.4 is 29.6 Å². The van der Waals surface area contributed by atoms with Gasteiger partial charge < -0.3 is 14.8 Å². The van der Waals surface area contributed by atoms with E-state index in [1.54, 1.807) is 0 Å². The van der Waals surface area contributed by atoms with E-state index in [2.05, 4.69) is 11.6 Å². The Hall–Kier alpha value is -0.130. The normalized spacial score (nSPS) is 19.3. The van der Waals surface area contributed by atoms with E-state index >= 15 is 0 Å². The quantitative estimate of drug-likeness (QED) is 0.0811. The molecular weight excluding hydrogens is 443 g/mol. The molecule has 0 bridgehead atoms. The molecule has 0 fully saturated rings. The van der Waals surface area contributed by atoms with Crippen molar-refractivity contribution in [2.24, 2.45) is 4.99 Å². The molecule has 1 rings (SSSR count). The van der Waals surface area contributed by atoms with Crippen molar-refractivity contribution in [2.75, 3.05) is 38.5 Å². The molecule has 2 atom stereocenters. The van der Waals surface area contributed by atoms with Crippen LogP contribution in [0, 0.1) is 0 Å². The minimum atomic E-state index is -4.58. The Labute approximate surface area is 215 Å². The Balaban J connectivity index is 0.00000961. The molecule has 0 saturated heterocycles. The Morgan fingerprint density at radius 2 is 1.69 bits per heavy atom. The molecule has 0 radical (unpaired) electrons. The van der Waals surface area contributed by atoms with Gasteiger partial charge in [-0.25, -0.2) is 13.4 Å². The minimum Gasteiger partial charge on any atom is -0.748 e. The van der Waals surface area contributed by atoms with Crippen molar-refractivity contribution in [2.45, 2.75) is 76.7 Å². The molecule has 0 aromatic heterocycles. The van der Waals surface area contributed by atoms with Crippen LogP contribution in [0.5, 0.6) is 0 Å². The summed E-state index contributed by atoms with van der Waals surface area (Å²) in [6.07, 6.45) is 12.2. The molecule has 8 nitrogen and oxygen atoms in total. The fourth-order valence-corrected chi connectivity index (χ4v) is 4.83. The molecule has 0 saturated carbocycles. The molecule has 2 unspecified atom stereocenters. The predicted molar refractivity (Wildman–Crippen MR) is 121 cm³/mol. The van der Waals surface area contributed by atoms with Gasteiger partial charge in [-0.15, -0.1) is 6.58 Å². The number of rotatable bonds is 19. The summed E-state index contributed by atoms with van der Waals surface area (Å²) in [6, 6.07) is 0. The standard InChI is InChI=1S/C22H40N2O6S.Na/c1-2-3-4-5-6-7-8-9-10-11-12-13-21(27)22-23-14-15-24(22,16-17-25)18-20(26)19-31(28,29)30;/h2,20,25-26H,1,3-19H2;/q;+1. The van der Waals surface area contributed by atoms with Crippen LogP contribution in [0.15, 0.2) is 17.6 Å². The van der Waals surface area contributed by atoms with Crippen molar-refractivity contribution in [3.05, 3.63) is 12.7 Å². The number of aliphatic hydroxyl groups excluding tert-OH is 2. The van der Waals surface area contributed by atoms with Crippen molar-refractivity contribution in [3.8, 4) is 0 Å². The first-order valence-electron chi connectivity index (χ1n) is 11.5. The topological polar surface area (TPSA) is 127 Å². The first-order chi connectivity index (χ1) is 14.7. The van der Waals surface area contributed by atoms with Gasteiger partial charge in [-0.3, -0.25) is 9.28 Å². The second-order valence-corrected chi connectivity index (χ2v) is 9.96. The van der Waals surface area contributed by atoms with Gasteiger partial charge >= 0.3 is 29.6 Å². The van der Waals surface area contributed by atoms with Crippen molar-refractivity contribution in [1.29, 1.82) is 0 Å². The number of quaternary nitrogens is 1. The fraction of sp³-hybridized carbons (Fsp3) is 0.818. The van der Waals surface area contributed by atoms with E-state index in [4.69, 9.17) is 0 Å². The second-order valence-electron chi connectivity index (χ2n) is 8.51. The number of unbranched alkanes of at least 4 members (excludes halogenated alkanes) is 9. The van der Waals surface area contributed by atoms with E-state index in [0.29, 0.717) is 19.5 Å². The zero-order valence-corrected chi connectivity index (χ0v) is 22.5. The first-order valence-corrected chi connectivity index (χ1v) is 13.1. The van der Waals surface area contributed by atoms with Gasteiger partial charge in [-0.05, 0) is 19.3 Å². The largest absolute Gasteiger partial charge is 1.00 e. The number of Topliss-reactive ketones (excluding diaryl/α,β-unsaturated/α-hetero) is 1. The Kier molecular flexibility index (Phi) is 17.3. The molecular formula is C22H40N2NaO6S+. The number of ketones is 1. The molecule has 0 aromatic rings. The van der Waals surface area contributed by atoms with Crippen molar-refractivity contribution < 1.29 is 62.0 Å². The zero-order valence-electron chi connectivity index (χ0n) is 19.7. The molecule has 0 spiro atoms. The molecule has 32 heavy (non-hydrogen) atoms. The van der Waals surface area contributed by atoms with Gasteiger partial charge in [0.2, 0.25) is 5.78 Å². The van der Waals surface area contributed by atoms with E-state index in [1.165, 1.54) is 32.1 Å². The summed E-state index contributed by atoms with van der Waals surface area (Å²) in [5.74, 6) is -0.741. The Bertz CT molecular complexity index is 686. The van der Waals surface area contributed by atoms with E-state index < -0.39 is 22.0 Å². The van der Waals surface area contributed by atoms with Crippen LogP contribution in [0.25, 0.3) is 0 Å². The summed E-state index contributed by atoms with van der Waals surface area (Å²) in [5.41, 5.74) is 0. The third-order valence-electron chi connectivity index (χ3n) is 5.79. The van der Waals surface area contributed by atoms with E-state index in [-0.39, 0.29) is 65.4 Å². The zero-order chi connectivity index (χ0) is 23.2. The molecule has 10 heteroatoms. The molecule has 2 N–H and O–H groups in total. The number of nitrogens with zero attached hydrogens (tertiary/aromatic N) is 2. The maximum Gasteiger partial charge on any atom is 1.00 e. The average molecular weight is 484 g/mol. The molecule has 0 amide bonds. The van der Waals surface area contributed by atoms with Gasteiger partial charge in [0.05, 0.1) is 29.0 Å². The number of allylic oxidation sites excluding steroid dienone is 1. The monoisotopic (exact) mass is 483 g/mol. The number of carbonyl (C=O) groups excluding carboxylic acids is 1. The summed E-state index contributed by atoms with van der Waals surface area (Å²) in [4.78, 5) is 17.1. The minimum absolute atomic E-state index is 0. The molecule has 0 aliphatic carbocycles. The second kappa shape index (κ2) is 17.3. The van der Waals surface area contributed by atoms with Gasteiger partial charge in [0, 0.05) is 6.42 Å². The average Bonchev–Trinajstić information content (AvgIpc) is 3.07. The number of carbonyl (C=O) groups is 1.